The Hall–Kier alpha value is -1.66. The summed E-state index contributed by atoms with van der Waals surface area (Å²) in [5, 5.41) is 2.68. The van der Waals surface area contributed by atoms with Crippen LogP contribution < -0.4 is 11.1 Å². The molecular formula is C12H8BrClFN3O. The average Bonchev–Trinajstić information content (AvgIpc) is 2.34. The van der Waals surface area contributed by atoms with Crippen LogP contribution in [0.4, 0.5) is 15.9 Å². The van der Waals surface area contributed by atoms with Gasteiger partial charge in [-0.2, -0.15) is 0 Å². The first kappa shape index (κ1) is 13.8. The fraction of sp³-hybridized carbons (Fsp3) is 0. The van der Waals surface area contributed by atoms with Crippen LogP contribution in [-0.4, -0.2) is 10.9 Å². The van der Waals surface area contributed by atoms with Gasteiger partial charge in [-0.15, -0.1) is 0 Å². The minimum Gasteiger partial charge on any atom is -0.384 e. The number of nitrogens with two attached hydrogens (primary N) is 1. The minimum absolute atomic E-state index is 0.101. The highest BCUT2D eigenvalue weighted by Crippen LogP contribution is 2.31. The predicted molar refractivity (Wildman–Crippen MR) is 75.7 cm³/mol. The van der Waals surface area contributed by atoms with Gasteiger partial charge < -0.3 is 11.1 Å². The number of carbonyl (C=O) groups excluding carboxylic acids is 1. The van der Waals surface area contributed by atoms with Crippen LogP contribution in [0.25, 0.3) is 0 Å². The number of nitrogen functional groups attached to an aromatic ring is 1. The molecule has 0 saturated carbocycles. The normalized spacial score (nSPS) is 10.3. The number of hydrogen-bond acceptors (Lipinski definition) is 3. The maximum absolute atomic E-state index is 13.1. The molecule has 0 bridgehead atoms. The molecule has 19 heavy (non-hydrogen) atoms. The highest BCUT2D eigenvalue weighted by molar-refractivity contribution is 9.10. The summed E-state index contributed by atoms with van der Waals surface area (Å²) in [6.45, 7) is 0. The van der Waals surface area contributed by atoms with Crippen LogP contribution in [0.2, 0.25) is 5.02 Å². The van der Waals surface area contributed by atoms with Crippen molar-refractivity contribution in [3.8, 4) is 0 Å². The first-order chi connectivity index (χ1) is 8.97. The molecule has 0 saturated heterocycles. The van der Waals surface area contributed by atoms with E-state index in [9.17, 15) is 9.18 Å². The van der Waals surface area contributed by atoms with Gasteiger partial charge in [0.15, 0.2) is 0 Å². The lowest BCUT2D eigenvalue weighted by atomic mass is 10.2. The molecule has 0 radical (unpaired) electrons. The quantitative estimate of drug-likeness (QED) is 0.876. The number of pyridine rings is 1. The minimum atomic E-state index is -0.496. The van der Waals surface area contributed by atoms with Crippen molar-refractivity contribution in [3.63, 3.8) is 0 Å². The SMILES string of the molecule is Nc1ccc(C(=O)Nc2c(Cl)cc(F)cc2Br)cn1. The maximum Gasteiger partial charge on any atom is 0.257 e. The fourth-order valence-corrected chi connectivity index (χ4v) is 2.29. The van der Waals surface area contributed by atoms with Gasteiger partial charge in [-0.05, 0) is 40.2 Å². The lowest BCUT2D eigenvalue weighted by Crippen LogP contribution is -2.13. The van der Waals surface area contributed by atoms with Crippen LogP contribution >= 0.6 is 27.5 Å². The number of halogens is 3. The summed E-state index contributed by atoms with van der Waals surface area (Å²) >= 11 is 9.01. The number of carbonyl (C=O) groups is 1. The smallest absolute Gasteiger partial charge is 0.257 e. The summed E-state index contributed by atoms with van der Waals surface area (Å²) in [5.41, 5.74) is 6.05. The number of anilines is 2. The van der Waals surface area contributed by atoms with Crippen LogP contribution in [0.15, 0.2) is 34.9 Å². The molecule has 0 unspecified atom stereocenters. The number of rotatable bonds is 2. The van der Waals surface area contributed by atoms with Gasteiger partial charge in [0, 0.05) is 10.7 Å². The zero-order valence-electron chi connectivity index (χ0n) is 9.45. The molecule has 0 aliphatic heterocycles. The van der Waals surface area contributed by atoms with Crippen LogP contribution in [0.3, 0.4) is 0 Å². The van der Waals surface area contributed by atoms with Gasteiger partial charge in [0.2, 0.25) is 0 Å². The Bertz CT molecular complexity index is 610. The number of benzene rings is 1. The number of nitrogens with one attached hydrogen (secondary N) is 1. The zero-order chi connectivity index (χ0) is 14.0. The second-order valence-corrected chi connectivity index (χ2v) is 4.93. The van der Waals surface area contributed by atoms with Crippen molar-refractivity contribution >= 4 is 44.9 Å². The Kier molecular flexibility index (Phi) is 4.01. The van der Waals surface area contributed by atoms with Crippen molar-refractivity contribution in [3.05, 3.63) is 51.3 Å². The third-order valence-corrected chi connectivity index (χ3v) is 3.22. The van der Waals surface area contributed by atoms with Crippen molar-refractivity contribution in [2.45, 2.75) is 0 Å². The summed E-state index contributed by atoms with van der Waals surface area (Å²) < 4.78 is 13.4. The molecule has 4 nitrogen and oxygen atoms in total. The molecule has 1 heterocycles. The Morgan fingerprint density at radius 1 is 1.42 bits per heavy atom. The van der Waals surface area contributed by atoms with E-state index in [4.69, 9.17) is 17.3 Å². The lowest BCUT2D eigenvalue weighted by Gasteiger charge is -2.09. The summed E-state index contributed by atoms with van der Waals surface area (Å²) in [4.78, 5) is 15.8. The molecule has 1 aromatic heterocycles. The van der Waals surface area contributed by atoms with Gasteiger partial charge in [0.05, 0.1) is 16.3 Å². The summed E-state index contributed by atoms with van der Waals surface area (Å²) in [7, 11) is 0. The molecular weight excluding hydrogens is 337 g/mol. The highest BCUT2D eigenvalue weighted by Gasteiger charge is 2.13. The molecule has 1 aromatic carbocycles. The zero-order valence-corrected chi connectivity index (χ0v) is 11.8. The molecule has 0 fully saturated rings. The van der Waals surface area contributed by atoms with E-state index in [-0.39, 0.29) is 5.02 Å². The standard InChI is InChI=1S/C12H8BrClFN3O/c13-8-3-7(15)4-9(14)11(8)18-12(19)6-1-2-10(16)17-5-6/h1-5H,(H2,16,17)(H,18,19). The van der Waals surface area contributed by atoms with Crippen molar-refractivity contribution < 1.29 is 9.18 Å². The highest BCUT2D eigenvalue weighted by atomic mass is 79.9. The summed E-state index contributed by atoms with van der Waals surface area (Å²) in [5.74, 6) is -0.594. The summed E-state index contributed by atoms with van der Waals surface area (Å²) in [6.07, 6.45) is 1.34. The molecule has 1 amide bonds. The van der Waals surface area contributed by atoms with Gasteiger partial charge in [-0.3, -0.25) is 4.79 Å². The van der Waals surface area contributed by atoms with Crippen molar-refractivity contribution in [2.75, 3.05) is 11.1 Å². The monoisotopic (exact) mass is 343 g/mol. The Balaban J connectivity index is 2.26. The second kappa shape index (κ2) is 5.54. The van der Waals surface area contributed by atoms with Gasteiger partial charge in [0.1, 0.15) is 11.6 Å². The largest absolute Gasteiger partial charge is 0.384 e. The Morgan fingerprint density at radius 2 is 2.16 bits per heavy atom. The number of amides is 1. The van der Waals surface area contributed by atoms with Crippen LogP contribution in [-0.2, 0) is 0 Å². The van der Waals surface area contributed by atoms with Gasteiger partial charge in [-0.1, -0.05) is 11.6 Å². The molecule has 2 rings (SSSR count). The van der Waals surface area contributed by atoms with E-state index < -0.39 is 11.7 Å². The topological polar surface area (TPSA) is 68.0 Å². The molecule has 98 valence electrons. The van der Waals surface area contributed by atoms with Crippen LogP contribution in [0.5, 0.6) is 0 Å². The van der Waals surface area contributed by atoms with Crippen LogP contribution in [0.1, 0.15) is 10.4 Å². The molecule has 7 heteroatoms. The van der Waals surface area contributed by atoms with E-state index in [1.165, 1.54) is 24.4 Å². The van der Waals surface area contributed by atoms with Crippen molar-refractivity contribution in [2.24, 2.45) is 0 Å². The van der Waals surface area contributed by atoms with E-state index >= 15 is 0 Å². The Morgan fingerprint density at radius 3 is 2.74 bits per heavy atom. The molecule has 2 aromatic rings. The summed E-state index contributed by atoms with van der Waals surface area (Å²) in [6, 6.07) is 5.37. The Labute approximate surface area is 121 Å². The van der Waals surface area contributed by atoms with E-state index in [1.54, 1.807) is 0 Å². The molecule has 0 atom stereocenters. The number of nitrogens with zero attached hydrogens (tertiary/aromatic N) is 1. The first-order valence-corrected chi connectivity index (χ1v) is 6.32. The first-order valence-electron chi connectivity index (χ1n) is 5.15. The average molecular weight is 345 g/mol. The van der Waals surface area contributed by atoms with Gasteiger partial charge in [0.25, 0.3) is 5.91 Å². The van der Waals surface area contributed by atoms with Crippen molar-refractivity contribution in [1.29, 1.82) is 0 Å². The lowest BCUT2D eigenvalue weighted by molar-refractivity contribution is 0.102. The number of aromatic nitrogens is 1. The molecule has 0 spiro atoms. The predicted octanol–water partition coefficient (Wildman–Crippen LogP) is 3.47. The van der Waals surface area contributed by atoms with Gasteiger partial charge >= 0.3 is 0 Å². The van der Waals surface area contributed by atoms with Gasteiger partial charge in [-0.25, -0.2) is 9.37 Å². The third-order valence-electron chi connectivity index (χ3n) is 2.29. The van der Waals surface area contributed by atoms with E-state index in [2.05, 4.69) is 26.2 Å². The van der Waals surface area contributed by atoms with Crippen LogP contribution in [0, 0.1) is 5.82 Å². The maximum atomic E-state index is 13.1. The van der Waals surface area contributed by atoms with E-state index in [0.717, 1.165) is 6.07 Å². The molecule has 3 N–H and O–H groups in total. The second-order valence-electron chi connectivity index (χ2n) is 3.67. The third kappa shape index (κ3) is 3.21. The van der Waals surface area contributed by atoms with Crippen molar-refractivity contribution in [1.82, 2.24) is 4.98 Å². The fourth-order valence-electron chi connectivity index (χ4n) is 1.39. The molecule has 0 aliphatic rings. The van der Waals surface area contributed by atoms with E-state index in [0.29, 0.717) is 21.5 Å². The molecule has 0 aliphatic carbocycles. The van der Waals surface area contributed by atoms with E-state index in [1.807, 2.05) is 0 Å². The number of hydrogen-bond donors (Lipinski definition) is 2.